The van der Waals surface area contributed by atoms with E-state index in [1.165, 1.54) is 16.0 Å². The summed E-state index contributed by atoms with van der Waals surface area (Å²) >= 11 is 1.20. The average molecular weight is 456 g/mol. The van der Waals surface area contributed by atoms with Crippen molar-refractivity contribution in [2.75, 3.05) is 11.1 Å². The summed E-state index contributed by atoms with van der Waals surface area (Å²) < 4.78 is 1.30. The molecule has 0 radical (unpaired) electrons. The number of nitrogen functional groups attached to an aromatic ring is 1. The molecule has 3 N–H and O–H groups in total. The van der Waals surface area contributed by atoms with Crippen LogP contribution >= 0.6 is 36.2 Å². The highest BCUT2D eigenvalue weighted by molar-refractivity contribution is 7.17. The number of aromatic nitrogens is 3. The van der Waals surface area contributed by atoms with Gasteiger partial charge in [-0.05, 0) is 51.0 Å². The molecule has 0 atom stereocenters. The minimum absolute atomic E-state index is 0. The average Bonchev–Trinajstić information content (AvgIpc) is 2.98. The number of amides is 1. The fraction of sp³-hybridized carbons (Fsp3) is 0.263. The summed E-state index contributed by atoms with van der Waals surface area (Å²) in [6, 6.07) is 5.35. The number of carbonyl (C=O) groups excluding carboxylic acids is 1. The van der Waals surface area contributed by atoms with Gasteiger partial charge in [-0.2, -0.15) is 5.10 Å². The van der Waals surface area contributed by atoms with Crippen molar-refractivity contribution in [3.8, 4) is 10.6 Å². The first kappa shape index (κ1) is 24.6. The molecule has 0 aliphatic carbocycles. The van der Waals surface area contributed by atoms with E-state index < -0.39 is 0 Å². The highest BCUT2D eigenvalue weighted by Gasteiger charge is 2.21. The van der Waals surface area contributed by atoms with E-state index in [4.69, 9.17) is 5.73 Å². The van der Waals surface area contributed by atoms with E-state index in [0.29, 0.717) is 32.5 Å². The van der Waals surface area contributed by atoms with Crippen LogP contribution < -0.4 is 16.6 Å². The number of benzene rings is 1. The molecular formula is C19H23Cl2N5O2S. The van der Waals surface area contributed by atoms with Gasteiger partial charge in [0.25, 0.3) is 11.5 Å². The Kier molecular flexibility index (Phi) is 7.97. The number of carbonyl (C=O) groups is 1. The maximum atomic E-state index is 12.8. The summed E-state index contributed by atoms with van der Waals surface area (Å²) in [5.74, 6) is -0.273. The zero-order valence-corrected chi connectivity index (χ0v) is 19.1. The first-order valence-corrected chi connectivity index (χ1v) is 9.20. The molecule has 0 fully saturated rings. The predicted octanol–water partition coefficient (Wildman–Crippen LogP) is 3.82. The van der Waals surface area contributed by atoms with Crippen LogP contribution in [-0.4, -0.2) is 20.7 Å². The minimum atomic E-state index is -0.273. The number of nitrogens with two attached hydrogens (primary N) is 1. The largest absolute Gasteiger partial charge is 0.399 e. The minimum Gasteiger partial charge on any atom is -0.399 e. The monoisotopic (exact) mass is 455 g/mol. The van der Waals surface area contributed by atoms with Gasteiger partial charge >= 0.3 is 0 Å². The van der Waals surface area contributed by atoms with Gasteiger partial charge in [-0.1, -0.05) is 6.07 Å². The molecule has 3 rings (SSSR count). The van der Waals surface area contributed by atoms with Crippen molar-refractivity contribution in [3.05, 3.63) is 55.9 Å². The fourth-order valence-electron chi connectivity index (χ4n) is 2.77. The lowest BCUT2D eigenvalue weighted by Gasteiger charge is -2.08. The number of hydrogen-bond acceptors (Lipinski definition) is 6. The van der Waals surface area contributed by atoms with E-state index >= 15 is 0 Å². The van der Waals surface area contributed by atoms with Gasteiger partial charge in [0.15, 0.2) is 0 Å². The molecule has 7 nitrogen and oxygen atoms in total. The lowest BCUT2D eigenvalue weighted by atomic mass is 10.1. The number of rotatable bonds is 3. The molecule has 0 saturated carbocycles. The second-order valence-electron chi connectivity index (χ2n) is 6.48. The van der Waals surface area contributed by atoms with E-state index in [1.807, 2.05) is 26.8 Å². The van der Waals surface area contributed by atoms with Crippen molar-refractivity contribution in [2.24, 2.45) is 7.05 Å². The number of thiazole rings is 1. The Labute approximate surface area is 185 Å². The highest BCUT2D eigenvalue weighted by Crippen LogP contribution is 2.29. The molecule has 1 amide bonds. The third kappa shape index (κ3) is 4.77. The topological polar surface area (TPSA) is 103 Å². The molecule has 0 bridgehead atoms. The number of nitrogens with zero attached hydrogens (tertiary/aromatic N) is 3. The lowest BCUT2D eigenvalue weighted by Crippen LogP contribution is -2.23. The van der Waals surface area contributed by atoms with E-state index in [2.05, 4.69) is 15.4 Å². The molecule has 156 valence electrons. The molecule has 1 aromatic carbocycles. The van der Waals surface area contributed by atoms with E-state index in [-0.39, 0.29) is 36.3 Å². The Bertz CT molecular complexity index is 1120. The Morgan fingerprint density at radius 3 is 2.45 bits per heavy atom. The standard InChI is InChI=1S/C19H21N5O2S.2ClH/c1-9-6-7-13(20)8-14(9)22-17(25)16-12(4)21-18(27-16)15-10(2)11(3)23-24(5)19(15)26;;/h6-8H,20H2,1-5H3,(H,22,25);2*1H. The van der Waals surface area contributed by atoms with Crippen LogP contribution in [0.2, 0.25) is 0 Å². The lowest BCUT2D eigenvalue weighted by molar-refractivity contribution is 0.102. The number of nitrogens with one attached hydrogen (secondary N) is 1. The molecule has 0 unspecified atom stereocenters. The molecule has 29 heavy (non-hydrogen) atoms. The van der Waals surface area contributed by atoms with Crippen molar-refractivity contribution in [2.45, 2.75) is 27.7 Å². The maximum absolute atomic E-state index is 12.8. The van der Waals surface area contributed by atoms with Crippen molar-refractivity contribution in [1.82, 2.24) is 14.8 Å². The van der Waals surface area contributed by atoms with E-state index in [9.17, 15) is 9.59 Å². The van der Waals surface area contributed by atoms with Crippen LogP contribution in [0.25, 0.3) is 10.6 Å². The number of anilines is 2. The van der Waals surface area contributed by atoms with Crippen molar-refractivity contribution < 1.29 is 4.79 Å². The van der Waals surface area contributed by atoms with Crippen molar-refractivity contribution in [1.29, 1.82) is 0 Å². The van der Waals surface area contributed by atoms with Crippen molar-refractivity contribution >= 4 is 53.4 Å². The van der Waals surface area contributed by atoms with Crippen LogP contribution in [-0.2, 0) is 7.05 Å². The van der Waals surface area contributed by atoms with Crippen molar-refractivity contribution in [3.63, 3.8) is 0 Å². The van der Waals surface area contributed by atoms with Gasteiger partial charge in [0, 0.05) is 18.4 Å². The highest BCUT2D eigenvalue weighted by atomic mass is 35.5. The van der Waals surface area contributed by atoms with Gasteiger partial charge in [-0.15, -0.1) is 36.2 Å². The summed E-state index contributed by atoms with van der Waals surface area (Å²) in [5, 5.41) is 7.59. The Hall–Kier alpha value is -2.42. The normalized spacial score (nSPS) is 10.1. The molecule has 0 spiro atoms. The fourth-order valence-corrected chi connectivity index (χ4v) is 3.82. The van der Waals surface area contributed by atoms with Crippen LogP contribution in [0.4, 0.5) is 11.4 Å². The van der Waals surface area contributed by atoms with E-state index in [1.54, 1.807) is 26.1 Å². The van der Waals surface area contributed by atoms with Crippen LogP contribution in [0.15, 0.2) is 23.0 Å². The number of halogens is 2. The molecule has 0 aliphatic rings. The smallest absolute Gasteiger partial charge is 0.277 e. The van der Waals surface area contributed by atoms with Gasteiger partial charge in [0.1, 0.15) is 9.88 Å². The molecule has 2 aromatic heterocycles. The summed E-state index contributed by atoms with van der Waals surface area (Å²) in [4.78, 5) is 30.3. The summed E-state index contributed by atoms with van der Waals surface area (Å²) in [7, 11) is 1.61. The number of aryl methyl sites for hydroxylation is 4. The van der Waals surface area contributed by atoms with Gasteiger partial charge in [-0.25, -0.2) is 9.67 Å². The Morgan fingerprint density at radius 1 is 1.14 bits per heavy atom. The summed E-state index contributed by atoms with van der Waals surface area (Å²) in [6.07, 6.45) is 0. The molecule has 2 heterocycles. The van der Waals surface area contributed by atoms with Crippen LogP contribution in [0, 0.1) is 27.7 Å². The zero-order valence-electron chi connectivity index (χ0n) is 16.7. The maximum Gasteiger partial charge on any atom is 0.277 e. The Balaban J connectivity index is 0.00000210. The van der Waals surface area contributed by atoms with Gasteiger partial charge in [0.05, 0.1) is 17.0 Å². The van der Waals surface area contributed by atoms with Crippen LogP contribution in [0.5, 0.6) is 0 Å². The molecule has 10 heteroatoms. The van der Waals surface area contributed by atoms with Gasteiger partial charge in [-0.3, -0.25) is 9.59 Å². The molecular weight excluding hydrogens is 433 g/mol. The molecule has 3 aromatic rings. The molecule has 0 saturated heterocycles. The summed E-state index contributed by atoms with van der Waals surface area (Å²) in [5.41, 5.74) is 10.3. The predicted molar refractivity (Wildman–Crippen MR) is 123 cm³/mol. The Morgan fingerprint density at radius 2 is 1.79 bits per heavy atom. The van der Waals surface area contributed by atoms with Gasteiger partial charge < -0.3 is 11.1 Å². The van der Waals surface area contributed by atoms with Crippen LogP contribution in [0.3, 0.4) is 0 Å². The zero-order chi connectivity index (χ0) is 19.9. The molecule has 0 aliphatic heterocycles. The second kappa shape index (κ2) is 9.39. The third-order valence-corrected chi connectivity index (χ3v) is 5.63. The quantitative estimate of drug-likeness (QED) is 0.584. The number of hydrogen-bond donors (Lipinski definition) is 2. The summed E-state index contributed by atoms with van der Waals surface area (Å²) in [6.45, 7) is 7.34. The first-order valence-electron chi connectivity index (χ1n) is 8.38. The van der Waals surface area contributed by atoms with E-state index in [0.717, 1.165) is 16.8 Å². The second-order valence-corrected chi connectivity index (χ2v) is 7.48. The first-order chi connectivity index (χ1) is 12.7. The third-order valence-electron chi connectivity index (χ3n) is 4.45. The SMILES string of the molecule is Cc1ccc(N)cc1NC(=O)c1sc(-c2c(C)c(C)nn(C)c2=O)nc1C.Cl.Cl. The van der Waals surface area contributed by atoms with Crippen LogP contribution in [0.1, 0.15) is 32.2 Å². The van der Waals surface area contributed by atoms with Gasteiger partial charge in [0.2, 0.25) is 0 Å².